The fraction of sp³-hybridized carbons (Fsp3) is 0.522. The molecule has 3 heterocycles. The van der Waals surface area contributed by atoms with E-state index in [1.165, 1.54) is 18.2 Å². The van der Waals surface area contributed by atoms with Crippen molar-refractivity contribution in [1.82, 2.24) is 20.2 Å². The molecule has 1 aromatic carbocycles. The van der Waals surface area contributed by atoms with Crippen LogP contribution < -0.4 is 10.6 Å². The maximum atomic E-state index is 13.5. The summed E-state index contributed by atoms with van der Waals surface area (Å²) in [5.41, 5.74) is 2.16. The van der Waals surface area contributed by atoms with Crippen LogP contribution in [0.1, 0.15) is 49.6 Å². The summed E-state index contributed by atoms with van der Waals surface area (Å²) in [6.45, 7) is 5.34. The van der Waals surface area contributed by atoms with Crippen molar-refractivity contribution in [3.8, 4) is 0 Å². The third-order valence-electron chi connectivity index (χ3n) is 6.09. The Morgan fingerprint density at radius 1 is 1.45 bits per heavy atom. The molecule has 178 valence electrons. The van der Waals surface area contributed by atoms with Crippen LogP contribution in [0.3, 0.4) is 0 Å². The van der Waals surface area contributed by atoms with Gasteiger partial charge in [-0.05, 0) is 56.4 Å². The number of halogens is 2. The summed E-state index contributed by atoms with van der Waals surface area (Å²) in [5.74, 6) is -0.00243. The van der Waals surface area contributed by atoms with Crippen LogP contribution in [0.25, 0.3) is 0 Å². The van der Waals surface area contributed by atoms with Crippen LogP contribution in [-0.4, -0.2) is 57.4 Å². The molecule has 0 radical (unpaired) electrons. The topological polar surface area (TPSA) is 99.6 Å². The molecule has 1 saturated heterocycles. The highest BCUT2D eigenvalue weighted by Crippen LogP contribution is 2.26. The van der Waals surface area contributed by atoms with E-state index in [1.54, 1.807) is 4.90 Å². The molecule has 2 aromatic rings. The van der Waals surface area contributed by atoms with Gasteiger partial charge < -0.3 is 25.4 Å². The zero-order chi connectivity index (χ0) is 23.6. The average Bonchev–Trinajstić information content (AvgIpc) is 2.78. The lowest BCUT2D eigenvalue weighted by atomic mass is 9.94. The normalized spacial score (nSPS) is 20.6. The number of aliphatic hydroxyl groups is 1. The molecule has 2 amide bonds. The summed E-state index contributed by atoms with van der Waals surface area (Å²) >= 11 is 5.85. The summed E-state index contributed by atoms with van der Waals surface area (Å²) in [6, 6.07) is 3.32. The lowest BCUT2D eigenvalue weighted by Crippen LogP contribution is -2.45. The second-order valence-electron chi connectivity index (χ2n) is 9.14. The highest BCUT2D eigenvalue weighted by Gasteiger charge is 2.30. The van der Waals surface area contributed by atoms with Crippen molar-refractivity contribution in [1.29, 1.82) is 0 Å². The van der Waals surface area contributed by atoms with Crippen molar-refractivity contribution in [2.75, 3.05) is 25.1 Å². The lowest BCUT2D eigenvalue weighted by molar-refractivity contribution is -0.0554. The molecule has 8 nitrogen and oxygen atoms in total. The van der Waals surface area contributed by atoms with Gasteiger partial charge in [-0.2, -0.15) is 0 Å². The van der Waals surface area contributed by atoms with Crippen molar-refractivity contribution in [2.45, 2.75) is 57.3 Å². The SMILES string of the molecule is CC1(C)CC(Nc2ncc3c(n2)CN(C(=O)NC(CO)c2ccc(F)c(Cl)c2)CC3)CCO1. The lowest BCUT2D eigenvalue weighted by Gasteiger charge is -2.36. The Hall–Kier alpha value is -2.49. The number of fused-ring (bicyclic) bond motifs is 1. The Balaban J connectivity index is 1.41. The first-order valence-corrected chi connectivity index (χ1v) is 11.5. The largest absolute Gasteiger partial charge is 0.394 e. The van der Waals surface area contributed by atoms with Gasteiger partial charge in [0.25, 0.3) is 0 Å². The van der Waals surface area contributed by atoms with Gasteiger partial charge in [-0.25, -0.2) is 19.2 Å². The number of carbonyl (C=O) groups is 1. The van der Waals surface area contributed by atoms with Gasteiger partial charge in [0.05, 0.1) is 35.5 Å². The summed E-state index contributed by atoms with van der Waals surface area (Å²) < 4.78 is 19.2. The van der Waals surface area contributed by atoms with Gasteiger partial charge in [-0.15, -0.1) is 0 Å². The zero-order valence-electron chi connectivity index (χ0n) is 18.8. The number of ether oxygens (including phenoxy) is 1. The monoisotopic (exact) mass is 477 g/mol. The van der Waals surface area contributed by atoms with Crippen LogP contribution in [0.5, 0.6) is 0 Å². The number of hydrogen-bond donors (Lipinski definition) is 3. The predicted octanol–water partition coefficient (Wildman–Crippen LogP) is 3.44. The van der Waals surface area contributed by atoms with E-state index in [-0.39, 0.29) is 29.3 Å². The van der Waals surface area contributed by atoms with E-state index in [2.05, 4.69) is 34.4 Å². The average molecular weight is 478 g/mol. The Morgan fingerprint density at radius 2 is 2.27 bits per heavy atom. The van der Waals surface area contributed by atoms with Gasteiger partial charge in [0, 0.05) is 25.4 Å². The van der Waals surface area contributed by atoms with Crippen LogP contribution in [0.4, 0.5) is 15.1 Å². The molecule has 2 aliphatic heterocycles. The molecule has 0 saturated carbocycles. The van der Waals surface area contributed by atoms with Gasteiger partial charge in [0.15, 0.2) is 0 Å². The maximum Gasteiger partial charge on any atom is 0.318 e. The zero-order valence-corrected chi connectivity index (χ0v) is 19.5. The van der Waals surface area contributed by atoms with Crippen molar-refractivity contribution in [3.63, 3.8) is 0 Å². The van der Waals surface area contributed by atoms with E-state index in [9.17, 15) is 14.3 Å². The maximum absolute atomic E-state index is 13.5. The quantitative estimate of drug-likeness (QED) is 0.610. The van der Waals surface area contributed by atoms with Crippen LogP contribution >= 0.6 is 11.6 Å². The van der Waals surface area contributed by atoms with Gasteiger partial charge in [-0.3, -0.25) is 0 Å². The van der Waals surface area contributed by atoms with Crippen LogP contribution in [0, 0.1) is 5.82 Å². The molecule has 2 atom stereocenters. The third-order valence-corrected chi connectivity index (χ3v) is 6.38. The first kappa shape index (κ1) is 23.7. The number of hydrogen-bond acceptors (Lipinski definition) is 6. The first-order chi connectivity index (χ1) is 15.7. The summed E-state index contributed by atoms with van der Waals surface area (Å²) in [6.07, 6.45) is 4.20. The molecule has 0 spiro atoms. The van der Waals surface area contributed by atoms with E-state index in [4.69, 9.17) is 16.3 Å². The van der Waals surface area contributed by atoms with E-state index in [1.807, 2.05) is 6.20 Å². The molecule has 2 unspecified atom stereocenters. The molecular formula is C23H29ClFN5O3. The predicted molar refractivity (Wildman–Crippen MR) is 123 cm³/mol. The van der Waals surface area contributed by atoms with Gasteiger partial charge >= 0.3 is 6.03 Å². The number of carbonyl (C=O) groups excluding carboxylic acids is 1. The van der Waals surface area contributed by atoms with Gasteiger partial charge in [-0.1, -0.05) is 17.7 Å². The minimum atomic E-state index is -0.698. The van der Waals surface area contributed by atoms with Crippen LogP contribution in [-0.2, 0) is 17.7 Å². The number of aliphatic hydroxyl groups excluding tert-OH is 1. The number of benzene rings is 1. The molecule has 0 bridgehead atoms. The summed E-state index contributed by atoms with van der Waals surface area (Å²) in [7, 11) is 0. The summed E-state index contributed by atoms with van der Waals surface area (Å²) in [4.78, 5) is 23.7. The number of aromatic nitrogens is 2. The first-order valence-electron chi connectivity index (χ1n) is 11.1. The number of nitrogens with one attached hydrogen (secondary N) is 2. The van der Waals surface area contributed by atoms with Crippen molar-refractivity contribution < 1.29 is 19.0 Å². The molecule has 3 N–H and O–H groups in total. The van der Waals surface area contributed by atoms with E-state index < -0.39 is 11.9 Å². The van der Waals surface area contributed by atoms with E-state index in [0.717, 1.165) is 24.1 Å². The van der Waals surface area contributed by atoms with E-state index >= 15 is 0 Å². The van der Waals surface area contributed by atoms with Gasteiger partial charge in [0.2, 0.25) is 5.95 Å². The van der Waals surface area contributed by atoms with Crippen molar-refractivity contribution in [2.24, 2.45) is 0 Å². The second-order valence-corrected chi connectivity index (χ2v) is 9.54. The Bertz CT molecular complexity index is 1020. The highest BCUT2D eigenvalue weighted by molar-refractivity contribution is 6.30. The number of rotatable bonds is 5. The number of urea groups is 1. The second kappa shape index (κ2) is 9.79. The fourth-order valence-electron chi connectivity index (χ4n) is 4.29. The molecule has 4 rings (SSSR count). The molecule has 0 aliphatic carbocycles. The van der Waals surface area contributed by atoms with Crippen molar-refractivity contribution in [3.05, 3.63) is 52.1 Å². The number of amides is 2. The minimum Gasteiger partial charge on any atom is -0.394 e. The molecule has 10 heteroatoms. The van der Waals surface area contributed by atoms with Gasteiger partial charge in [0.1, 0.15) is 5.82 Å². The molecular weight excluding hydrogens is 449 g/mol. The van der Waals surface area contributed by atoms with Crippen LogP contribution in [0.15, 0.2) is 24.4 Å². The van der Waals surface area contributed by atoms with E-state index in [0.29, 0.717) is 37.6 Å². The third kappa shape index (κ3) is 5.72. The Morgan fingerprint density at radius 3 is 3.00 bits per heavy atom. The number of anilines is 1. The standard InChI is InChI=1S/C23H29ClFN5O3/c1-23(2)10-16(6-8-33-23)27-21-26-11-15-5-7-30(12-19(15)28-21)22(32)29-20(13-31)14-3-4-18(25)17(24)9-14/h3-4,9,11,16,20,31H,5-8,10,12-13H2,1-2H3,(H,29,32)(H,26,27,28). The molecule has 1 aromatic heterocycles. The Labute approximate surface area is 197 Å². The molecule has 2 aliphatic rings. The molecule has 1 fully saturated rings. The van der Waals surface area contributed by atoms with Crippen LogP contribution in [0.2, 0.25) is 5.02 Å². The highest BCUT2D eigenvalue weighted by atomic mass is 35.5. The number of nitrogens with zero attached hydrogens (tertiary/aromatic N) is 3. The Kier molecular flexibility index (Phi) is 7.02. The fourth-order valence-corrected chi connectivity index (χ4v) is 4.48. The summed E-state index contributed by atoms with van der Waals surface area (Å²) in [5, 5.41) is 15.9. The smallest absolute Gasteiger partial charge is 0.318 e. The molecule has 33 heavy (non-hydrogen) atoms. The van der Waals surface area contributed by atoms with Crippen molar-refractivity contribution >= 4 is 23.6 Å². The minimum absolute atomic E-state index is 0.0586.